The quantitative estimate of drug-likeness (QED) is 0.813. The maximum atomic E-state index is 6.35. The minimum Gasteiger partial charge on any atom is -0.328 e. The molecule has 0 aromatic heterocycles. The summed E-state index contributed by atoms with van der Waals surface area (Å²) >= 11 is 0. The second-order valence-corrected chi connectivity index (χ2v) is 6.81. The van der Waals surface area contributed by atoms with Gasteiger partial charge in [-0.2, -0.15) is 0 Å². The van der Waals surface area contributed by atoms with Crippen molar-refractivity contribution in [1.29, 1.82) is 0 Å². The van der Waals surface area contributed by atoms with Crippen molar-refractivity contribution in [3.05, 3.63) is 35.9 Å². The highest BCUT2D eigenvalue weighted by atomic mass is 14.6. The first kappa shape index (κ1) is 13.2. The van der Waals surface area contributed by atoms with Crippen molar-refractivity contribution in [3.63, 3.8) is 0 Å². The Morgan fingerprint density at radius 1 is 1.11 bits per heavy atom. The van der Waals surface area contributed by atoms with Gasteiger partial charge in [0.1, 0.15) is 0 Å². The van der Waals surface area contributed by atoms with Crippen molar-refractivity contribution in [3.8, 4) is 0 Å². The maximum absolute atomic E-state index is 6.35. The molecule has 2 N–H and O–H groups in total. The van der Waals surface area contributed by atoms with E-state index in [1.165, 1.54) is 56.9 Å². The second-order valence-electron chi connectivity index (χ2n) is 6.81. The largest absolute Gasteiger partial charge is 0.328 e. The standard InChI is InChI=1S/C18H27N/c19-18(8-4-7-14-5-2-1-3-6-14)13-17-12-15-9-10-16(17)11-15/h1-3,5-6,15-18H,4,7-13,19H2. The molecule has 2 fully saturated rings. The van der Waals surface area contributed by atoms with Gasteiger partial charge in [-0.3, -0.25) is 0 Å². The van der Waals surface area contributed by atoms with Gasteiger partial charge in [0.15, 0.2) is 0 Å². The predicted octanol–water partition coefficient (Wildman–Crippen LogP) is 4.16. The maximum Gasteiger partial charge on any atom is 0.00416 e. The summed E-state index contributed by atoms with van der Waals surface area (Å²) in [5, 5.41) is 0. The van der Waals surface area contributed by atoms with Gasteiger partial charge in [-0.05, 0) is 68.3 Å². The number of hydrogen-bond acceptors (Lipinski definition) is 1. The van der Waals surface area contributed by atoms with Crippen LogP contribution < -0.4 is 5.73 Å². The zero-order valence-electron chi connectivity index (χ0n) is 11.9. The van der Waals surface area contributed by atoms with Crippen molar-refractivity contribution in [1.82, 2.24) is 0 Å². The molecule has 0 spiro atoms. The van der Waals surface area contributed by atoms with Crippen LogP contribution in [0.25, 0.3) is 0 Å². The van der Waals surface area contributed by atoms with E-state index >= 15 is 0 Å². The third-order valence-electron chi connectivity index (χ3n) is 5.37. The summed E-state index contributed by atoms with van der Waals surface area (Å²) in [6.07, 6.45) is 10.9. The average Bonchev–Trinajstić information content (AvgIpc) is 3.02. The van der Waals surface area contributed by atoms with Crippen LogP contribution in [0.4, 0.5) is 0 Å². The van der Waals surface area contributed by atoms with E-state index in [1.54, 1.807) is 0 Å². The van der Waals surface area contributed by atoms with Gasteiger partial charge < -0.3 is 5.73 Å². The predicted molar refractivity (Wildman–Crippen MR) is 80.9 cm³/mol. The Kier molecular flexibility index (Phi) is 4.22. The Morgan fingerprint density at radius 2 is 1.95 bits per heavy atom. The third kappa shape index (κ3) is 3.39. The molecule has 19 heavy (non-hydrogen) atoms. The van der Waals surface area contributed by atoms with E-state index in [4.69, 9.17) is 5.73 Å². The van der Waals surface area contributed by atoms with Crippen LogP contribution in [0.2, 0.25) is 0 Å². The summed E-state index contributed by atoms with van der Waals surface area (Å²) in [6.45, 7) is 0. The van der Waals surface area contributed by atoms with Crippen LogP contribution in [-0.4, -0.2) is 6.04 Å². The summed E-state index contributed by atoms with van der Waals surface area (Å²) in [5.41, 5.74) is 7.80. The lowest BCUT2D eigenvalue weighted by Crippen LogP contribution is -2.26. The molecule has 2 bridgehead atoms. The van der Waals surface area contributed by atoms with E-state index in [-0.39, 0.29) is 0 Å². The fourth-order valence-corrected chi connectivity index (χ4v) is 4.38. The minimum absolute atomic E-state index is 0.438. The molecular formula is C18H27N. The molecule has 1 heteroatoms. The molecule has 1 nitrogen and oxygen atoms in total. The van der Waals surface area contributed by atoms with Gasteiger partial charge >= 0.3 is 0 Å². The van der Waals surface area contributed by atoms with Crippen molar-refractivity contribution in [2.24, 2.45) is 23.5 Å². The molecule has 0 aliphatic heterocycles. The molecule has 0 amide bonds. The van der Waals surface area contributed by atoms with Crippen LogP contribution in [0.3, 0.4) is 0 Å². The summed E-state index contributed by atoms with van der Waals surface area (Å²) in [6, 6.07) is 11.2. The molecule has 1 aromatic carbocycles. The van der Waals surface area contributed by atoms with Crippen molar-refractivity contribution >= 4 is 0 Å². The summed E-state index contributed by atoms with van der Waals surface area (Å²) in [5.74, 6) is 3.06. The van der Waals surface area contributed by atoms with E-state index in [1.807, 2.05) is 0 Å². The minimum atomic E-state index is 0.438. The SMILES string of the molecule is NC(CCCc1ccccc1)CC1CC2CCC1C2. The molecule has 2 saturated carbocycles. The molecule has 0 saturated heterocycles. The van der Waals surface area contributed by atoms with E-state index in [0.29, 0.717) is 6.04 Å². The average molecular weight is 257 g/mol. The van der Waals surface area contributed by atoms with Crippen LogP contribution in [-0.2, 0) is 6.42 Å². The highest BCUT2D eigenvalue weighted by molar-refractivity contribution is 5.14. The van der Waals surface area contributed by atoms with Crippen molar-refractivity contribution in [2.45, 2.75) is 57.4 Å². The Labute approximate surface area is 117 Å². The molecule has 104 valence electrons. The van der Waals surface area contributed by atoms with Gasteiger partial charge in [0.2, 0.25) is 0 Å². The first-order chi connectivity index (χ1) is 9.31. The second kappa shape index (κ2) is 6.09. The molecule has 3 rings (SSSR count). The highest BCUT2D eigenvalue weighted by Crippen LogP contribution is 2.49. The monoisotopic (exact) mass is 257 g/mol. The van der Waals surface area contributed by atoms with Crippen molar-refractivity contribution in [2.75, 3.05) is 0 Å². The lowest BCUT2D eigenvalue weighted by molar-refractivity contribution is 0.289. The van der Waals surface area contributed by atoms with Crippen LogP contribution in [0, 0.1) is 17.8 Å². The van der Waals surface area contributed by atoms with Crippen LogP contribution in [0.5, 0.6) is 0 Å². The Hall–Kier alpha value is -0.820. The lowest BCUT2D eigenvalue weighted by Gasteiger charge is -2.24. The van der Waals surface area contributed by atoms with Crippen molar-refractivity contribution < 1.29 is 0 Å². The van der Waals surface area contributed by atoms with Gasteiger partial charge in [0, 0.05) is 6.04 Å². The highest BCUT2D eigenvalue weighted by Gasteiger charge is 2.39. The fourth-order valence-electron chi connectivity index (χ4n) is 4.38. The number of aryl methyl sites for hydroxylation is 1. The number of hydrogen-bond donors (Lipinski definition) is 1. The van der Waals surface area contributed by atoms with Gasteiger partial charge in [-0.1, -0.05) is 36.8 Å². The smallest absolute Gasteiger partial charge is 0.00416 e. The molecule has 1 aromatic rings. The zero-order chi connectivity index (χ0) is 13.1. The topological polar surface area (TPSA) is 26.0 Å². The first-order valence-electron chi connectivity index (χ1n) is 8.11. The number of benzene rings is 1. The van der Waals surface area contributed by atoms with Gasteiger partial charge in [0.05, 0.1) is 0 Å². The summed E-state index contributed by atoms with van der Waals surface area (Å²) in [4.78, 5) is 0. The van der Waals surface area contributed by atoms with Gasteiger partial charge in [-0.15, -0.1) is 0 Å². The first-order valence-corrected chi connectivity index (χ1v) is 8.11. The number of fused-ring (bicyclic) bond motifs is 2. The molecule has 4 unspecified atom stereocenters. The third-order valence-corrected chi connectivity index (χ3v) is 5.37. The van der Waals surface area contributed by atoms with Crippen LogP contribution >= 0.6 is 0 Å². The Balaban J connectivity index is 1.36. The van der Waals surface area contributed by atoms with E-state index < -0.39 is 0 Å². The zero-order valence-corrected chi connectivity index (χ0v) is 11.9. The van der Waals surface area contributed by atoms with Gasteiger partial charge in [-0.25, -0.2) is 0 Å². The summed E-state index contributed by atoms with van der Waals surface area (Å²) in [7, 11) is 0. The van der Waals surface area contributed by atoms with E-state index in [2.05, 4.69) is 30.3 Å². The fraction of sp³-hybridized carbons (Fsp3) is 0.667. The number of nitrogens with two attached hydrogens (primary N) is 1. The number of rotatable bonds is 6. The Bertz CT molecular complexity index is 386. The molecule has 2 aliphatic rings. The van der Waals surface area contributed by atoms with E-state index in [0.717, 1.165) is 17.8 Å². The van der Waals surface area contributed by atoms with E-state index in [9.17, 15) is 0 Å². The molecule has 0 heterocycles. The molecule has 2 aliphatic carbocycles. The summed E-state index contributed by atoms with van der Waals surface area (Å²) < 4.78 is 0. The van der Waals surface area contributed by atoms with Gasteiger partial charge in [0.25, 0.3) is 0 Å². The lowest BCUT2D eigenvalue weighted by atomic mass is 9.83. The normalized spacial score (nSPS) is 30.7. The molecular weight excluding hydrogens is 230 g/mol. The van der Waals surface area contributed by atoms with Crippen LogP contribution in [0.1, 0.15) is 50.5 Å². The molecule has 0 radical (unpaired) electrons. The molecule has 4 atom stereocenters. The Morgan fingerprint density at radius 3 is 2.63 bits per heavy atom. The van der Waals surface area contributed by atoms with Crippen LogP contribution in [0.15, 0.2) is 30.3 Å².